The van der Waals surface area contributed by atoms with Crippen LogP contribution in [0.2, 0.25) is 0 Å². The lowest BCUT2D eigenvalue weighted by atomic mass is 9.99. The van der Waals surface area contributed by atoms with Gasteiger partial charge in [-0.3, -0.25) is 9.69 Å². The fourth-order valence-electron chi connectivity index (χ4n) is 3.49. The van der Waals surface area contributed by atoms with Crippen LogP contribution >= 0.6 is 0 Å². The molecule has 0 aromatic heterocycles. The SMILES string of the molecule is CC[C@@H]1CN(C(=O)C2=COCC2)C[C@@H]1N1CCOCC1. The first-order valence-electron chi connectivity index (χ1n) is 7.71. The van der Waals surface area contributed by atoms with Crippen molar-refractivity contribution in [3.8, 4) is 0 Å². The zero-order valence-electron chi connectivity index (χ0n) is 12.2. The summed E-state index contributed by atoms with van der Waals surface area (Å²) in [6, 6.07) is 0.496. The lowest BCUT2D eigenvalue weighted by Crippen LogP contribution is -2.47. The van der Waals surface area contributed by atoms with Gasteiger partial charge in [0, 0.05) is 38.6 Å². The Kier molecular flexibility index (Phi) is 4.27. The summed E-state index contributed by atoms with van der Waals surface area (Å²) in [4.78, 5) is 17.0. The van der Waals surface area contributed by atoms with E-state index in [1.165, 1.54) is 0 Å². The van der Waals surface area contributed by atoms with E-state index in [2.05, 4.69) is 11.8 Å². The van der Waals surface area contributed by atoms with Gasteiger partial charge in [-0.2, -0.15) is 0 Å². The Balaban J connectivity index is 1.65. The molecule has 0 unspecified atom stereocenters. The van der Waals surface area contributed by atoms with E-state index in [1.54, 1.807) is 6.26 Å². The number of amides is 1. The minimum Gasteiger partial charge on any atom is -0.500 e. The van der Waals surface area contributed by atoms with Gasteiger partial charge in [-0.15, -0.1) is 0 Å². The van der Waals surface area contributed by atoms with Crippen LogP contribution in [0.15, 0.2) is 11.8 Å². The third-order valence-electron chi connectivity index (χ3n) is 4.72. The van der Waals surface area contributed by atoms with Gasteiger partial charge in [0.2, 0.25) is 0 Å². The number of morpholine rings is 1. The lowest BCUT2D eigenvalue weighted by Gasteiger charge is -2.34. The smallest absolute Gasteiger partial charge is 0.253 e. The Morgan fingerprint density at radius 2 is 2.10 bits per heavy atom. The molecule has 5 heteroatoms. The first-order valence-corrected chi connectivity index (χ1v) is 7.71. The number of carbonyl (C=O) groups is 1. The molecule has 3 aliphatic heterocycles. The van der Waals surface area contributed by atoms with Gasteiger partial charge in [0.1, 0.15) is 0 Å². The summed E-state index contributed by atoms with van der Waals surface area (Å²) >= 11 is 0. The second-order valence-corrected chi connectivity index (χ2v) is 5.86. The topological polar surface area (TPSA) is 42.0 Å². The highest BCUT2D eigenvalue weighted by Gasteiger charge is 2.38. The first kappa shape index (κ1) is 13.9. The van der Waals surface area contributed by atoms with Gasteiger partial charge in [0.25, 0.3) is 5.91 Å². The van der Waals surface area contributed by atoms with Crippen LogP contribution in [-0.4, -0.2) is 67.7 Å². The minimum absolute atomic E-state index is 0.178. The van der Waals surface area contributed by atoms with E-state index in [0.717, 1.165) is 57.8 Å². The second-order valence-electron chi connectivity index (χ2n) is 5.86. The van der Waals surface area contributed by atoms with Gasteiger partial charge in [-0.05, 0) is 5.92 Å². The van der Waals surface area contributed by atoms with Gasteiger partial charge >= 0.3 is 0 Å². The molecule has 3 aliphatic rings. The number of hydrogen-bond acceptors (Lipinski definition) is 4. The molecule has 5 nitrogen and oxygen atoms in total. The molecule has 3 rings (SSSR count). The molecule has 1 amide bonds. The first-order chi connectivity index (χ1) is 9.79. The van der Waals surface area contributed by atoms with Crippen molar-refractivity contribution in [2.45, 2.75) is 25.8 Å². The van der Waals surface area contributed by atoms with Crippen molar-refractivity contribution in [2.75, 3.05) is 46.0 Å². The monoisotopic (exact) mass is 280 g/mol. The quantitative estimate of drug-likeness (QED) is 0.769. The molecule has 0 spiro atoms. The summed E-state index contributed by atoms with van der Waals surface area (Å²) in [7, 11) is 0. The third-order valence-corrected chi connectivity index (χ3v) is 4.72. The molecule has 112 valence electrons. The van der Waals surface area contributed by atoms with Gasteiger partial charge in [0.05, 0.1) is 31.7 Å². The molecule has 2 atom stereocenters. The van der Waals surface area contributed by atoms with Crippen LogP contribution in [0.5, 0.6) is 0 Å². The van der Waals surface area contributed by atoms with E-state index in [0.29, 0.717) is 18.6 Å². The summed E-state index contributed by atoms with van der Waals surface area (Å²) in [5.41, 5.74) is 0.836. The van der Waals surface area contributed by atoms with Crippen molar-refractivity contribution in [3.05, 3.63) is 11.8 Å². The average molecular weight is 280 g/mol. The highest BCUT2D eigenvalue weighted by molar-refractivity contribution is 5.93. The number of likely N-dealkylation sites (tertiary alicyclic amines) is 1. The van der Waals surface area contributed by atoms with Crippen LogP contribution in [0, 0.1) is 5.92 Å². The Morgan fingerprint density at radius 1 is 1.30 bits per heavy atom. The molecule has 2 saturated heterocycles. The molecule has 2 fully saturated rings. The van der Waals surface area contributed by atoms with E-state index >= 15 is 0 Å². The molecule has 0 N–H and O–H groups in total. The average Bonchev–Trinajstić information content (AvgIpc) is 3.17. The Hall–Kier alpha value is -1.07. The molecule has 0 bridgehead atoms. The van der Waals surface area contributed by atoms with Crippen molar-refractivity contribution in [2.24, 2.45) is 5.92 Å². The zero-order chi connectivity index (χ0) is 13.9. The fraction of sp³-hybridized carbons (Fsp3) is 0.800. The maximum atomic E-state index is 12.5. The summed E-state index contributed by atoms with van der Waals surface area (Å²) in [6.45, 7) is 8.25. The largest absolute Gasteiger partial charge is 0.500 e. The molecule has 0 aromatic carbocycles. The molecule has 3 heterocycles. The van der Waals surface area contributed by atoms with E-state index in [4.69, 9.17) is 9.47 Å². The Bertz CT molecular complexity index is 391. The molecule has 0 radical (unpaired) electrons. The number of ether oxygens (including phenoxy) is 2. The van der Waals surface area contributed by atoms with E-state index < -0.39 is 0 Å². The molecular weight excluding hydrogens is 256 g/mol. The van der Waals surface area contributed by atoms with Crippen molar-refractivity contribution >= 4 is 5.91 Å². The van der Waals surface area contributed by atoms with Crippen LogP contribution < -0.4 is 0 Å². The number of hydrogen-bond donors (Lipinski definition) is 0. The van der Waals surface area contributed by atoms with Crippen molar-refractivity contribution in [1.82, 2.24) is 9.80 Å². The molecule has 0 aromatic rings. The summed E-state index contributed by atoms with van der Waals surface area (Å²) in [6.07, 6.45) is 3.53. The highest BCUT2D eigenvalue weighted by Crippen LogP contribution is 2.27. The van der Waals surface area contributed by atoms with E-state index in [1.807, 2.05) is 4.90 Å². The van der Waals surface area contributed by atoms with Gasteiger partial charge in [0.15, 0.2) is 0 Å². The van der Waals surface area contributed by atoms with Crippen molar-refractivity contribution < 1.29 is 14.3 Å². The summed E-state index contributed by atoms with van der Waals surface area (Å²) < 4.78 is 10.6. The molecule has 0 saturated carbocycles. The fourth-order valence-corrected chi connectivity index (χ4v) is 3.49. The minimum atomic E-state index is 0.178. The number of rotatable bonds is 3. The van der Waals surface area contributed by atoms with Gasteiger partial charge in [-0.1, -0.05) is 13.3 Å². The van der Waals surface area contributed by atoms with Crippen molar-refractivity contribution in [3.63, 3.8) is 0 Å². The Morgan fingerprint density at radius 3 is 2.75 bits per heavy atom. The lowest BCUT2D eigenvalue weighted by molar-refractivity contribution is -0.126. The van der Waals surface area contributed by atoms with Crippen LogP contribution in [-0.2, 0) is 14.3 Å². The van der Waals surface area contributed by atoms with E-state index in [-0.39, 0.29) is 5.91 Å². The normalized spacial score (nSPS) is 31.2. The zero-order valence-corrected chi connectivity index (χ0v) is 12.2. The van der Waals surface area contributed by atoms with Crippen LogP contribution in [0.3, 0.4) is 0 Å². The molecule has 20 heavy (non-hydrogen) atoms. The molecular formula is C15H24N2O3. The van der Waals surface area contributed by atoms with Gasteiger partial charge < -0.3 is 14.4 Å². The maximum Gasteiger partial charge on any atom is 0.253 e. The second kappa shape index (κ2) is 6.14. The predicted octanol–water partition coefficient (Wildman–Crippen LogP) is 0.860. The summed E-state index contributed by atoms with van der Waals surface area (Å²) in [5.74, 6) is 0.761. The van der Waals surface area contributed by atoms with Crippen LogP contribution in [0.25, 0.3) is 0 Å². The predicted molar refractivity (Wildman–Crippen MR) is 75.2 cm³/mol. The van der Waals surface area contributed by atoms with Gasteiger partial charge in [-0.25, -0.2) is 0 Å². The number of nitrogens with zero attached hydrogens (tertiary/aromatic N) is 2. The van der Waals surface area contributed by atoms with E-state index in [9.17, 15) is 4.79 Å². The standard InChI is InChI=1S/C15H24N2O3/c1-2-12-9-17(15(18)13-3-6-20-11-13)10-14(12)16-4-7-19-8-5-16/h11-12,14H,2-10H2,1H3/t12-,14+/m1/s1. The van der Waals surface area contributed by atoms with Crippen molar-refractivity contribution in [1.29, 1.82) is 0 Å². The van der Waals surface area contributed by atoms with Crippen LogP contribution in [0.1, 0.15) is 19.8 Å². The highest BCUT2D eigenvalue weighted by atomic mass is 16.5. The number of carbonyl (C=O) groups excluding carboxylic acids is 1. The Labute approximate surface area is 120 Å². The molecule has 0 aliphatic carbocycles. The van der Waals surface area contributed by atoms with Crippen LogP contribution in [0.4, 0.5) is 0 Å². The third kappa shape index (κ3) is 2.69. The maximum absolute atomic E-state index is 12.5. The summed E-state index contributed by atoms with van der Waals surface area (Å²) in [5, 5.41) is 0.